The monoisotopic (exact) mass is 231 g/mol. The van der Waals surface area contributed by atoms with Crippen LogP contribution < -0.4 is 16.4 Å². The van der Waals surface area contributed by atoms with E-state index >= 15 is 0 Å². The summed E-state index contributed by atoms with van der Waals surface area (Å²) in [5.41, 5.74) is 4.86. The zero-order valence-corrected chi connectivity index (χ0v) is 9.32. The number of primary amides is 1. The summed E-state index contributed by atoms with van der Waals surface area (Å²) in [5.74, 6) is -2.54. The molecule has 1 atom stereocenters. The molecule has 0 fully saturated rings. The molecule has 0 rings (SSSR count). The highest BCUT2D eigenvalue weighted by Gasteiger charge is 2.21. The summed E-state index contributed by atoms with van der Waals surface area (Å²) in [6.45, 7) is 3.71. The van der Waals surface area contributed by atoms with Gasteiger partial charge in [0.2, 0.25) is 11.8 Å². The van der Waals surface area contributed by atoms with Crippen LogP contribution in [0.5, 0.6) is 0 Å². The van der Waals surface area contributed by atoms with Crippen LogP contribution in [0.2, 0.25) is 0 Å². The summed E-state index contributed by atoms with van der Waals surface area (Å²) in [6.07, 6.45) is -0.414. The molecule has 2 amide bonds. The van der Waals surface area contributed by atoms with Crippen LogP contribution in [0.3, 0.4) is 0 Å². The van der Waals surface area contributed by atoms with E-state index in [2.05, 4.69) is 10.6 Å². The molecule has 0 heterocycles. The Morgan fingerprint density at radius 2 is 1.88 bits per heavy atom. The highest BCUT2D eigenvalue weighted by Crippen LogP contribution is 1.91. The van der Waals surface area contributed by atoms with Gasteiger partial charge in [-0.1, -0.05) is 13.8 Å². The lowest BCUT2D eigenvalue weighted by molar-refractivity contribution is -0.143. The van der Waals surface area contributed by atoms with Gasteiger partial charge in [-0.3, -0.25) is 9.59 Å². The number of carbonyl (C=O) groups excluding carboxylic acids is 2. The second-order valence-electron chi connectivity index (χ2n) is 3.66. The molecule has 0 aliphatic heterocycles. The van der Waals surface area contributed by atoms with Crippen molar-refractivity contribution in [2.24, 2.45) is 5.73 Å². The van der Waals surface area contributed by atoms with E-state index in [9.17, 15) is 14.4 Å². The van der Waals surface area contributed by atoms with Crippen molar-refractivity contribution in [2.45, 2.75) is 32.4 Å². The molecular weight excluding hydrogens is 214 g/mol. The second kappa shape index (κ2) is 6.78. The van der Waals surface area contributed by atoms with Crippen LogP contribution in [0, 0.1) is 0 Å². The van der Waals surface area contributed by atoms with E-state index in [0.29, 0.717) is 0 Å². The predicted molar refractivity (Wildman–Crippen MR) is 56.5 cm³/mol. The minimum Gasteiger partial charge on any atom is -0.480 e. The second-order valence-corrected chi connectivity index (χ2v) is 3.66. The lowest BCUT2D eigenvalue weighted by Gasteiger charge is -2.14. The Kier molecular flexibility index (Phi) is 6.09. The molecule has 92 valence electrons. The Morgan fingerprint density at radius 1 is 1.31 bits per heavy atom. The molecule has 5 N–H and O–H groups in total. The standard InChI is InChI=1S/C9H17N3O4/c1-5(2)11-4-8(14)12-6(9(15)16)3-7(10)13/h5-6,11H,3-4H2,1-2H3,(H2,10,13)(H,12,14)(H,15,16)/t6-/m1/s1. The number of carbonyl (C=O) groups is 3. The molecule has 0 bridgehead atoms. The van der Waals surface area contributed by atoms with Gasteiger partial charge in [0.05, 0.1) is 13.0 Å². The fourth-order valence-corrected chi connectivity index (χ4v) is 0.943. The van der Waals surface area contributed by atoms with Crippen molar-refractivity contribution < 1.29 is 19.5 Å². The summed E-state index contributed by atoms with van der Waals surface area (Å²) >= 11 is 0. The molecule has 0 aromatic carbocycles. The Bertz CT molecular complexity index is 278. The van der Waals surface area contributed by atoms with Crippen molar-refractivity contribution in [1.82, 2.24) is 10.6 Å². The van der Waals surface area contributed by atoms with Gasteiger partial charge in [-0.25, -0.2) is 4.79 Å². The van der Waals surface area contributed by atoms with Crippen LogP contribution in [-0.2, 0) is 14.4 Å². The fourth-order valence-electron chi connectivity index (χ4n) is 0.943. The molecule has 0 unspecified atom stereocenters. The van der Waals surface area contributed by atoms with Gasteiger partial charge in [0, 0.05) is 6.04 Å². The SMILES string of the molecule is CC(C)NCC(=O)N[C@H](CC(N)=O)C(=O)O. The number of hydrogen-bond donors (Lipinski definition) is 4. The molecule has 0 saturated carbocycles. The molecule has 0 aliphatic carbocycles. The van der Waals surface area contributed by atoms with E-state index in [1.165, 1.54) is 0 Å². The zero-order valence-electron chi connectivity index (χ0n) is 9.32. The Morgan fingerprint density at radius 3 is 2.25 bits per heavy atom. The highest BCUT2D eigenvalue weighted by molar-refractivity contribution is 5.88. The average molecular weight is 231 g/mol. The summed E-state index contributed by atoms with van der Waals surface area (Å²) < 4.78 is 0. The number of nitrogens with two attached hydrogens (primary N) is 1. The number of nitrogens with one attached hydrogen (secondary N) is 2. The topological polar surface area (TPSA) is 122 Å². The first kappa shape index (κ1) is 14.4. The third-order valence-electron chi connectivity index (χ3n) is 1.71. The molecule has 0 radical (unpaired) electrons. The first-order valence-electron chi connectivity index (χ1n) is 4.86. The van der Waals surface area contributed by atoms with Gasteiger partial charge in [-0.2, -0.15) is 0 Å². The van der Waals surface area contributed by atoms with Gasteiger partial charge in [0.1, 0.15) is 6.04 Å². The van der Waals surface area contributed by atoms with Crippen molar-refractivity contribution in [3.8, 4) is 0 Å². The van der Waals surface area contributed by atoms with Crippen molar-refractivity contribution in [3.05, 3.63) is 0 Å². The molecule has 7 nitrogen and oxygen atoms in total. The largest absolute Gasteiger partial charge is 0.480 e. The summed E-state index contributed by atoms with van der Waals surface area (Å²) in [7, 11) is 0. The van der Waals surface area contributed by atoms with Crippen LogP contribution in [0.1, 0.15) is 20.3 Å². The average Bonchev–Trinajstić information content (AvgIpc) is 2.12. The first-order valence-corrected chi connectivity index (χ1v) is 4.86. The Balaban J connectivity index is 4.13. The van der Waals surface area contributed by atoms with E-state index < -0.39 is 30.2 Å². The Hall–Kier alpha value is -1.63. The number of rotatable bonds is 7. The highest BCUT2D eigenvalue weighted by atomic mass is 16.4. The smallest absolute Gasteiger partial charge is 0.326 e. The number of aliphatic carboxylic acids is 1. The molecular formula is C9H17N3O4. The summed E-state index contributed by atoms with van der Waals surface area (Å²) in [6, 6.07) is -1.15. The maximum atomic E-state index is 11.3. The lowest BCUT2D eigenvalue weighted by Crippen LogP contribution is -2.47. The molecule has 7 heteroatoms. The maximum Gasteiger partial charge on any atom is 0.326 e. The Labute approximate surface area is 93.4 Å². The number of carboxylic acids is 1. The summed E-state index contributed by atoms with van der Waals surface area (Å²) in [5, 5.41) is 13.7. The maximum absolute atomic E-state index is 11.3. The van der Waals surface area contributed by atoms with E-state index in [-0.39, 0.29) is 12.6 Å². The van der Waals surface area contributed by atoms with Crippen LogP contribution in [0.25, 0.3) is 0 Å². The van der Waals surface area contributed by atoms with E-state index in [0.717, 1.165) is 0 Å². The van der Waals surface area contributed by atoms with Crippen LogP contribution >= 0.6 is 0 Å². The van der Waals surface area contributed by atoms with Crippen molar-refractivity contribution in [1.29, 1.82) is 0 Å². The number of hydrogen-bond acceptors (Lipinski definition) is 4. The van der Waals surface area contributed by atoms with E-state index in [1.54, 1.807) is 0 Å². The van der Waals surface area contributed by atoms with Crippen LogP contribution in [-0.4, -0.2) is 41.5 Å². The molecule has 0 aromatic heterocycles. The van der Waals surface area contributed by atoms with E-state index in [1.807, 2.05) is 13.8 Å². The minimum absolute atomic E-state index is 0.000207. The predicted octanol–water partition coefficient (Wildman–Crippen LogP) is -1.57. The third kappa shape index (κ3) is 6.77. The van der Waals surface area contributed by atoms with Gasteiger partial charge in [-0.15, -0.1) is 0 Å². The zero-order chi connectivity index (χ0) is 12.7. The van der Waals surface area contributed by atoms with Gasteiger partial charge in [0.25, 0.3) is 0 Å². The number of carboxylic acid groups (broad SMARTS) is 1. The van der Waals surface area contributed by atoms with Gasteiger partial charge >= 0.3 is 5.97 Å². The summed E-state index contributed by atoms with van der Waals surface area (Å²) in [4.78, 5) is 32.5. The van der Waals surface area contributed by atoms with Crippen molar-refractivity contribution in [2.75, 3.05) is 6.54 Å². The lowest BCUT2D eigenvalue weighted by atomic mass is 10.2. The molecule has 0 saturated heterocycles. The fraction of sp³-hybridized carbons (Fsp3) is 0.667. The van der Waals surface area contributed by atoms with Gasteiger partial charge in [0.15, 0.2) is 0 Å². The van der Waals surface area contributed by atoms with Gasteiger partial charge in [-0.05, 0) is 0 Å². The van der Waals surface area contributed by atoms with Crippen LogP contribution in [0.4, 0.5) is 0 Å². The van der Waals surface area contributed by atoms with Gasteiger partial charge < -0.3 is 21.5 Å². The van der Waals surface area contributed by atoms with Crippen molar-refractivity contribution >= 4 is 17.8 Å². The molecule has 0 spiro atoms. The third-order valence-corrected chi connectivity index (χ3v) is 1.71. The quantitative estimate of drug-likeness (QED) is 0.421. The van der Waals surface area contributed by atoms with Crippen molar-refractivity contribution in [3.63, 3.8) is 0 Å². The molecule has 0 aliphatic rings. The minimum atomic E-state index is -1.28. The first-order chi connectivity index (χ1) is 7.32. The van der Waals surface area contributed by atoms with E-state index in [4.69, 9.17) is 10.8 Å². The van der Waals surface area contributed by atoms with Crippen LogP contribution in [0.15, 0.2) is 0 Å². The number of amides is 2. The molecule has 16 heavy (non-hydrogen) atoms. The molecule has 0 aromatic rings. The normalized spacial score (nSPS) is 12.2.